The Morgan fingerprint density at radius 3 is 2.36 bits per heavy atom. The normalized spacial score (nSPS) is 16.2. The van der Waals surface area contributed by atoms with Gasteiger partial charge in [0, 0.05) is 24.1 Å². The number of amides is 1. The van der Waals surface area contributed by atoms with Crippen molar-refractivity contribution in [3.8, 4) is 11.5 Å². The van der Waals surface area contributed by atoms with E-state index >= 15 is 0 Å². The van der Waals surface area contributed by atoms with Crippen LogP contribution < -0.4 is 14.8 Å². The lowest BCUT2D eigenvalue weighted by atomic mass is 9.84. The first-order chi connectivity index (χ1) is 12.0. The summed E-state index contributed by atoms with van der Waals surface area (Å²) in [7, 11) is 0. The molecule has 0 saturated carbocycles. The van der Waals surface area contributed by atoms with Crippen LogP contribution >= 0.6 is 23.2 Å². The van der Waals surface area contributed by atoms with E-state index in [1.165, 1.54) is 0 Å². The highest BCUT2D eigenvalue weighted by Gasteiger charge is 2.29. The number of rotatable bonds is 5. The number of hydrogen-bond donors (Lipinski definition) is 1. The van der Waals surface area contributed by atoms with Crippen LogP contribution in [-0.4, -0.2) is 19.1 Å². The molecule has 0 aromatic heterocycles. The summed E-state index contributed by atoms with van der Waals surface area (Å²) in [6, 6.07) is 9.23. The predicted molar refractivity (Wildman–Crippen MR) is 100 cm³/mol. The van der Waals surface area contributed by atoms with Gasteiger partial charge in [0.1, 0.15) is 0 Å². The second-order valence-corrected chi connectivity index (χ2v) is 6.55. The van der Waals surface area contributed by atoms with Gasteiger partial charge in [-0.3, -0.25) is 4.79 Å². The van der Waals surface area contributed by atoms with Crippen molar-refractivity contribution in [2.45, 2.75) is 26.2 Å². The zero-order valence-electron chi connectivity index (χ0n) is 14.1. The van der Waals surface area contributed by atoms with Gasteiger partial charge in [-0.05, 0) is 43.2 Å². The van der Waals surface area contributed by atoms with Crippen LogP contribution in [0.15, 0.2) is 30.3 Å². The first-order valence-corrected chi connectivity index (χ1v) is 8.97. The van der Waals surface area contributed by atoms with E-state index in [4.69, 9.17) is 32.7 Å². The summed E-state index contributed by atoms with van der Waals surface area (Å²) >= 11 is 12.2. The Morgan fingerprint density at radius 1 is 1.04 bits per heavy atom. The van der Waals surface area contributed by atoms with Crippen LogP contribution in [0.25, 0.3) is 0 Å². The molecule has 0 fully saturated rings. The van der Waals surface area contributed by atoms with Crippen LogP contribution in [0.1, 0.15) is 37.3 Å². The van der Waals surface area contributed by atoms with Gasteiger partial charge in [-0.2, -0.15) is 0 Å². The highest BCUT2D eigenvalue weighted by molar-refractivity contribution is 6.42. The van der Waals surface area contributed by atoms with Crippen molar-refractivity contribution in [2.75, 3.05) is 18.5 Å². The molecule has 0 saturated heterocycles. The van der Waals surface area contributed by atoms with Gasteiger partial charge >= 0.3 is 0 Å². The molecular formula is C19H19Cl2NO3. The fourth-order valence-electron chi connectivity index (χ4n) is 3.03. The van der Waals surface area contributed by atoms with E-state index in [1.807, 2.05) is 38.1 Å². The number of anilines is 1. The maximum absolute atomic E-state index is 12.2. The van der Waals surface area contributed by atoms with Crippen LogP contribution in [0.2, 0.25) is 10.0 Å². The van der Waals surface area contributed by atoms with Crippen molar-refractivity contribution < 1.29 is 14.3 Å². The Morgan fingerprint density at radius 2 is 1.72 bits per heavy atom. The molecule has 0 bridgehead atoms. The summed E-state index contributed by atoms with van der Waals surface area (Å²) in [5.41, 5.74) is 2.65. The molecule has 1 N–H and O–H groups in total. The molecule has 1 aliphatic rings. The number of nitrogens with one attached hydrogen (secondary N) is 1. The fourth-order valence-corrected chi connectivity index (χ4v) is 3.34. The summed E-state index contributed by atoms with van der Waals surface area (Å²) in [5.74, 6) is 1.13. The van der Waals surface area contributed by atoms with E-state index < -0.39 is 0 Å². The summed E-state index contributed by atoms with van der Waals surface area (Å²) in [6.45, 7) is 4.88. The molecule has 25 heavy (non-hydrogen) atoms. The third kappa shape index (κ3) is 3.70. The molecule has 2 aromatic carbocycles. The molecule has 1 atom stereocenters. The Bertz CT molecular complexity index is 807. The molecule has 132 valence electrons. The van der Waals surface area contributed by atoms with Crippen LogP contribution in [0.3, 0.4) is 0 Å². The lowest BCUT2D eigenvalue weighted by molar-refractivity contribution is -0.116. The average Bonchev–Trinajstić information content (AvgIpc) is 2.58. The molecule has 2 aromatic rings. The van der Waals surface area contributed by atoms with Crippen LogP contribution in [0.5, 0.6) is 11.5 Å². The van der Waals surface area contributed by atoms with Gasteiger partial charge in [-0.25, -0.2) is 0 Å². The number of benzene rings is 2. The van der Waals surface area contributed by atoms with Crippen molar-refractivity contribution >= 4 is 34.8 Å². The van der Waals surface area contributed by atoms with Crippen molar-refractivity contribution in [3.05, 3.63) is 51.5 Å². The molecule has 4 nitrogen and oxygen atoms in total. The van der Waals surface area contributed by atoms with E-state index in [0.29, 0.717) is 41.2 Å². The highest BCUT2D eigenvalue weighted by Crippen LogP contribution is 2.44. The molecular weight excluding hydrogens is 361 g/mol. The van der Waals surface area contributed by atoms with Gasteiger partial charge < -0.3 is 14.8 Å². The zero-order valence-corrected chi connectivity index (χ0v) is 15.6. The average molecular weight is 380 g/mol. The minimum atomic E-state index is -0.117. The summed E-state index contributed by atoms with van der Waals surface area (Å²) in [4.78, 5) is 12.2. The molecule has 0 spiro atoms. The Balaban J connectivity index is 2.10. The smallest absolute Gasteiger partial charge is 0.225 e. The Kier molecular flexibility index (Phi) is 5.40. The predicted octanol–water partition coefficient (Wildman–Crippen LogP) is 5.26. The molecule has 6 heteroatoms. The molecule has 1 unspecified atom stereocenters. The minimum absolute atomic E-state index is 0.0461. The molecule has 0 aliphatic carbocycles. The van der Waals surface area contributed by atoms with E-state index in [1.54, 1.807) is 6.07 Å². The number of fused-ring (bicyclic) bond motifs is 1. The zero-order chi connectivity index (χ0) is 18.0. The second-order valence-electron chi connectivity index (χ2n) is 5.73. The second kappa shape index (κ2) is 7.54. The third-order valence-corrected chi connectivity index (χ3v) is 4.84. The van der Waals surface area contributed by atoms with Gasteiger partial charge in [0.25, 0.3) is 0 Å². The topological polar surface area (TPSA) is 47.6 Å². The van der Waals surface area contributed by atoms with Crippen LogP contribution in [-0.2, 0) is 4.79 Å². The number of carbonyl (C=O) groups is 1. The van der Waals surface area contributed by atoms with Gasteiger partial charge in [-0.15, -0.1) is 0 Å². The summed E-state index contributed by atoms with van der Waals surface area (Å²) < 4.78 is 11.4. The van der Waals surface area contributed by atoms with E-state index in [2.05, 4.69) is 5.32 Å². The van der Waals surface area contributed by atoms with Gasteiger partial charge in [-0.1, -0.05) is 29.3 Å². The quantitative estimate of drug-likeness (QED) is 0.769. The number of halogens is 2. The lowest BCUT2D eigenvalue weighted by Crippen LogP contribution is -2.23. The SMILES string of the molecule is CCOc1cc2c(cc1OCC)C(c1ccc(Cl)c(Cl)c1)CC(=O)N2. The Labute approximate surface area is 157 Å². The fraction of sp³-hybridized carbons (Fsp3) is 0.316. The maximum atomic E-state index is 12.2. The molecule has 1 amide bonds. The van der Waals surface area contributed by atoms with Crippen molar-refractivity contribution in [1.82, 2.24) is 0 Å². The van der Waals surface area contributed by atoms with Crippen LogP contribution in [0.4, 0.5) is 5.69 Å². The largest absolute Gasteiger partial charge is 0.490 e. The standard InChI is InChI=1S/C19H19Cl2NO3/c1-3-24-17-8-13-12(11-5-6-14(20)15(21)7-11)9-19(23)22-16(13)10-18(17)25-4-2/h5-8,10,12H,3-4,9H2,1-2H3,(H,22,23). The summed E-state index contributed by atoms with van der Waals surface area (Å²) in [6.07, 6.45) is 0.338. The van der Waals surface area contributed by atoms with E-state index in [0.717, 1.165) is 16.8 Å². The first-order valence-electron chi connectivity index (χ1n) is 8.21. The molecule has 1 aliphatic heterocycles. The Hall–Kier alpha value is -1.91. The highest BCUT2D eigenvalue weighted by atomic mass is 35.5. The number of carbonyl (C=O) groups excluding carboxylic acids is 1. The van der Waals surface area contributed by atoms with Crippen molar-refractivity contribution in [2.24, 2.45) is 0 Å². The van der Waals surface area contributed by atoms with Crippen LogP contribution in [0, 0.1) is 0 Å². The van der Waals surface area contributed by atoms with E-state index in [-0.39, 0.29) is 11.8 Å². The third-order valence-electron chi connectivity index (χ3n) is 4.10. The lowest BCUT2D eigenvalue weighted by Gasteiger charge is -2.27. The van der Waals surface area contributed by atoms with Gasteiger partial charge in [0.15, 0.2) is 11.5 Å². The minimum Gasteiger partial charge on any atom is -0.490 e. The monoisotopic (exact) mass is 379 g/mol. The first kappa shape index (κ1) is 17.9. The number of ether oxygens (including phenoxy) is 2. The maximum Gasteiger partial charge on any atom is 0.225 e. The van der Waals surface area contributed by atoms with Gasteiger partial charge in [0.05, 0.1) is 23.3 Å². The van der Waals surface area contributed by atoms with Crippen molar-refractivity contribution in [3.63, 3.8) is 0 Å². The number of hydrogen-bond acceptors (Lipinski definition) is 3. The molecule has 1 heterocycles. The summed E-state index contributed by atoms with van der Waals surface area (Å²) in [5, 5.41) is 3.89. The molecule has 0 radical (unpaired) electrons. The van der Waals surface area contributed by atoms with E-state index in [9.17, 15) is 4.79 Å². The van der Waals surface area contributed by atoms with Crippen molar-refractivity contribution in [1.29, 1.82) is 0 Å². The van der Waals surface area contributed by atoms with Gasteiger partial charge in [0.2, 0.25) is 5.91 Å². The molecule has 3 rings (SSSR count).